The molecule has 186 valence electrons. The third kappa shape index (κ3) is 7.16. The Morgan fingerprint density at radius 2 is 1.67 bits per heavy atom. The van der Waals surface area contributed by atoms with E-state index in [0.717, 1.165) is 30.7 Å². The lowest BCUT2D eigenvalue weighted by atomic mass is 10.2. The van der Waals surface area contributed by atoms with Gasteiger partial charge >= 0.3 is 6.09 Å². The lowest BCUT2D eigenvalue weighted by molar-refractivity contribution is 0.215. The Kier molecular flexibility index (Phi) is 9.07. The molecule has 1 amide bonds. The van der Waals surface area contributed by atoms with Crippen LogP contribution in [0.15, 0.2) is 83.3 Å². The van der Waals surface area contributed by atoms with Gasteiger partial charge in [0.15, 0.2) is 5.82 Å². The van der Waals surface area contributed by atoms with E-state index in [1.54, 1.807) is 24.3 Å². The molecule has 0 spiro atoms. The van der Waals surface area contributed by atoms with E-state index < -0.39 is 6.09 Å². The number of nitrogens with zero attached hydrogens (tertiary/aromatic N) is 3. The number of nitrogens with one attached hydrogen (secondary N) is 2. The van der Waals surface area contributed by atoms with Crippen molar-refractivity contribution in [2.45, 2.75) is 6.92 Å². The Morgan fingerprint density at radius 1 is 0.972 bits per heavy atom. The van der Waals surface area contributed by atoms with Gasteiger partial charge in [-0.3, -0.25) is 5.32 Å². The zero-order valence-corrected chi connectivity index (χ0v) is 21.6. The summed E-state index contributed by atoms with van der Waals surface area (Å²) in [5.74, 6) is 0.930. The highest BCUT2D eigenvalue weighted by atomic mass is 79.9. The first kappa shape index (κ1) is 25.4. The van der Waals surface area contributed by atoms with Crippen molar-refractivity contribution >= 4 is 44.6 Å². The summed E-state index contributed by atoms with van der Waals surface area (Å²) in [5, 5.41) is 5.92. The van der Waals surface area contributed by atoms with E-state index in [0.29, 0.717) is 23.4 Å². The van der Waals surface area contributed by atoms with E-state index in [-0.39, 0.29) is 11.7 Å². The van der Waals surface area contributed by atoms with Crippen LogP contribution in [0.2, 0.25) is 0 Å². The number of rotatable bonds is 5. The topological polar surface area (TPSA) is 88.6 Å². The van der Waals surface area contributed by atoms with Gasteiger partial charge < -0.3 is 19.7 Å². The minimum Gasteiger partial charge on any atom is -0.475 e. The van der Waals surface area contributed by atoms with Crippen LogP contribution in [0.3, 0.4) is 0 Å². The van der Waals surface area contributed by atoms with E-state index in [4.69, 9.17) is 9.47 Å². The molecule has 9 heteroatoms. The van der Waals surface area contributed by atoms with Crippen molar-refractivity contribution in [3.05, 3.63) is 83.3 Å². The fraction of sp³-hybridized carbons (Fsp3) is 0.222. The van der Waals surface area contributed by atoms with Crippen LogP contribution in [0.25, 0.3) is 11.0 Å². The van der Waals surface area contributed by atoms with Crippen LogP contribution >= 0.6 is 15.9 Å². The van der Waals surface area contributed by atoms with Crippen molar-refractivity contribution in [2.24, 2.45) is 0 Å². The van der Waals surface area contributed by atoms with Crippen LogP contribution in [0.4, 0.5) is 16.3 Å². The van der Waals surface area contributed by atoms with E-state index in [1.807, 2.05) is 37.3 Å². The quantitative estimate of drug-likeness (QED) is 0.339. The highest BCUT2D eigenvalue weighted by Gasteiger charge is 2.14. The zero-order chi connectivity index (χ0) is 25.2. The number of carbonyl (C=O) groups excluding carboxylic acids is 1. The smallest absolute Gasteiger partial charge is 0.418 e. The largest absolute Gasteiger partial charge is 0.475 e. The van der Waals surface area contributed by atoms with Crippen LogP contribution in [-0.4, -0.2) is 48.8 Å². The van der Waals surface area contributed by atoms with E-state index >= 15 is 0 Å². The summed E-state index contributed by atoms with van der Waals surface area (Å²) in [4.78, 5) is 23.2. The highest BCUT2D eigenvalue weighted by molar-refractivity contribution is 9.10. The molecule has 1 saturated heterocycles. The number of benzene rings is 3. The molecule has 1 aromatic heterocycles. The fourth-order valence-electron chi connectivity index (χ4n) is 3.62. The molecule has 0 aliphatic carbocycles. The third-order valence-corrected chi connectivity index (χ3v) is 5.78. The molecule has 0 bridgehead atoms. The van der Waals surface area contributed by atoms with Crippen molar-refractivity contribution in [2.75, 3.05) is 43.0 Å². The minimum absolute atomic E-state index is 0.228. The van der Waals surface area contributed by atoms with Gasteiger partial charge in [-0.05, 0) is 49.4 Å². The molecular weight excluding hydrogens is 522 g/mol. The summed E-state index contributed by atoms with van der Waals surface area (Å²) in [7, 11) is 0. The zero-order valence-electron chi connectivity index (χ0n) is 20.0. The molecule has 0 atom stereocenters. The number of piperazine rings is 1. The van der Waals surface area contributed by atoms with Gasteiger partial charge in [-0.1, -0.05) is 52.3 Å². The van der Waals surface area contributed by atoms with Gasteiger partial charge in [0.25, 0.3) is 5.88 Å². The SMILES string of the molecule is Brc1cccc(N2CCNCC2)c1.CCOc1nc2ccccc2nc1NC(=O)Oc1ccccc1. The Hall–Kier alpha value is -3.69. The van der Waals surface area contributed by atoms with Gasteiger partial charge in [0.05, 0.1) is 17.6 Å². The first-order chi connectivity index (χ1) is 17.6. The van der Waals surface area contributed by atoms with Gasteiger partial charge in [-0.15, -0.1) is 0 Å². The number of carbonyl (C=O) groups is 1. The second-order valence-electron chi connectivity index (χ2n) is 7.84. The van der Waals surface area contributed by atoms with Crippen molar-refractivity contribution in [1.29, 1.82) is 0 Å². The van der Waals surface area contributed by atoms with Gasteiger partial charge in [-0.25, -0.2) is 14.8 Å². The second-order valence-corrected chi connectivity index (χ2v) is 8.76. The standard InChI is InChI=1S/C17H15N3O3.C10H13BrN2/c1-2-22-16-15(18-13-10-6-7-11-14(13)19-16)20-17(21)23-12-8-4-3-5-9-12;11-9-2-1-3-10(8-9)13-6-4-12-5-7-13/h3-11H,2H2,1H3,(H,18,20,21);1-3,8,12H,4-7H2. The van der Waals surface area contributed by atoms with E-state index in [9.17, 15) is 4.79 Å². The van der Waals surface area contributed by atoms with E-state index in [2.05, 4.69) is 65.7 Å². The first-order valence-electron chi connectivity index (χ1n) is 11.8. The highest BCUT2D eigenvalue weighted by Crippen LogP contribution is 2.24. The van der Waals surface area contributed by atoms with E-state index in [1.165, 1.54) is 5.69 Å². The maximum absolute atomic E-state index is 12.0. The van der Waals surface area contributed by atoms with Crippen molar-refractivity contribution < 1.29 is 14.3 Å². The predicted molar refractivity (Wildman–Crippen MR) is 146 cm³/mol. The van der Waals surface area contributed by atoms with Crippen LogP contribution in [-0.2, 0) is 0 Å². The normalized spacial score (nSPS) is 12.9. The lowest BCUT2D eigenvalue weighted by Crippen LogP contribution is -2.43. The molecule has 1 aliphatic heterocycles. The number of ether oxygens (including phenoxy) is 2. The molecule has 3 aromatic carbocycles. The molecular formula is C27H28BrN5O3. The number of aromatic nitrogens is 2. The Bertz CT molecular complexity index is 1280. The molecule has 36 heavy (non-hydrogen) atoms. The van der Waals surface area contributed by atoms with Crippen molar-refractivity contribution in [1.82, 2.24) is 15.3 Å². The van der Waals surface area contributed by atoms with Crippen molar-refractivity contribution in [3.63, 3.8) is 0 Å². The lowest BCUT2D eigenvalue weighted by Gasteiger charge is -2.29. The van der Waals surface area contributed by atoms with Gasteiger partial charge in [0.1, 0.15) is 5.75 Å². The molecule has 1 fully saturated rings. The molecule has 2 heterocycles. The summed E-state index contributed by atoms with van der Waals surface area (Å²) < 4.78 is 11.8. The average Bonchev–Trinajstić information content (AvgIpc) is 2.90. The van der Waals surface area contributed by atoms with Crippen LogP contribution in [0.1, 0.15) is 6.92 Å². The number of hydrogen-bond donors (Lipinski definition) is 2. The molecule has 0 saturated carbocycles. The molecule has 0 radical (unpaired) electrons. The van der Waals surface area contributed by atoms with Crippen LogP contribution in [0, 0.1) is 0 Å². The third-order valence-electron chi connectivity index (χ3n) is 5.28. The monoisotopic (exact) mass is 549 g/mol. The van der Waals surface area contributed by atoms with Gasteiger partial charge in [0, 0.05) is 36.3 Å². The number of fused-ring (bicyclic) bond motifs is 1. The summed E-state index contributed by atoms with van der Waals surface area (Å²) in [6.45, 7) is 6.64. The second kappa shape index (κ2) is 12.9. The predicted octanol–water partition coefficient (Wildman–Crippen LogP) is 5.50. The Labute approximate surface area is 218 Å². The number of anilines is 2. The summed E-state index contributed by atoms with van der Waals surface area (Å²) >= 11 is 3.49. The van der Waals surface area contributed by atoms with Crippen LogP contribution in [0.5, 0.6) is 11.6 Å². The fourth-order valence-corrected chi connectivity index (χ4v) is 4.00. The molecule has 4 aromatic rings. The molecule has 2 N–H and O–H groups in total. The number of halogens is 1. The number of hydrogen-bond acceptors (Lipinski definition) is 7. The number of para-hydroxylation sites is 3. The average molecular weight is 550 g/mol. The minimum atomic E-state index is -0.651. The summed E-state index contributed by atoms with van der Waals surface area (Å²) in [5.41, 5.74) is 2.67. The Morgan fingerprint density at radius 3 is 2.36 bits per heavy atom. The Balaban J connectivity index is 0.000000197. The van der Waals surface area contributed by atoms with Gasteiger partial charge in [0.2, 0.25) is 0 Å². The van der Waals surface area contributed by atoms with Gasteiger partial charge in [-0.2, -0.15) is 0 Å². The maximum atomic E-state index is 12.0. The maximum Gasteiger partial charge on any atom is 0.418 e. The molecule has 1 aliphatic rings. The number of amides is 1. The summed E-state index contributed by atoms with van der Waals surface area (Å²) in [6.07, 6.45) is -0.651. The van der Waals surface area contributed by atoms with Crippen molar-refractivity contribution in [3.8, 4) is 11.6 Å². The van der Waals surface area contributed by atoms with Crippen LogP contribution < -0.4 is 25.0 Å². The molecule has 0 unspecified atom stereocenters. The first-order valence-corrected chi connectivity index (χ1v) is 12.6. The molecule has 5 rings (SSSR count). The summed E-state index contributed by atoms with van der Waals surface area (Å²) in [6, 6.07) is 24.6. The molecule has 8 nitrogen and oxygen atoms in total.